The van der Waals surface area contributed by atoms with Crippen LogP contribution in [0.1, 0.15) is 21.8 Å². The van der Waals surface area contributed by atoms with Crippen molar-refractivity contribution >= 4 is 33.3 Å². The monoisotopic (exact) mass is 418 g/mol. The van der Waals surface area contributed by atoms with Crippen LogP contribution in [0.2, 0.25) is 0 Å². The van der Waals surface area contributed by atoms with E-state index in [-0.39, 0.29) is 23.4 Å². The molecule has 0 atom stereocenters. The second-order valence-corrected chi connectivity index (χ2v) is 8.46. The minimum Gasteiger partial charge on any atom is -0.467 e. The van der Waals surface area contributed by atoms with Crippen molar-refractivity contribution in [3.63, 3.8) is 0 Å². The van der Waals surface area contributed by atoms with Gasteiger partial charge in [0.1, 0.15) is 22.2 Å². The first-order chi connectivity index (χ1) is 13.5. The number of aryl methyl sites for hydroxylation is 2. The number of aromatic nitrogens is 2. The lowest BCUT2D eigenvalue weighted by Crippen LogP contribution is -2.23. The normalized spacial score (nSPS) is 11.4. The number of fused-ring (bicyclic) bond motifs is 1. The summed E-state index contributed by atoms with van der Waals surface area (Å²) < 4.78 is 34.9. The summed E-state index contributed by atoms with van der Waals surface area (Å²) in [5, 5.41) is 0.980. The van der Waals surface area contributed by atoms with E-state index in [1.54, 1.807) is 12.1 Å². The largest absolute Gasteiger partial charge is 0.467 e. The minimum atomic E-state index is -0.615. The van der Waals surface area contributed by atoms with Gasteiger partial charge in [0, 0.05) is 16.2 Å². The third-order valence-corrected chi connectivity index (χ3v) is 6.66. The maximum atomic E-state index is 14.0. The number of halogens is 2. The van der Waals surface area contributed by atoms with Crippen molar-refractivity contribution in [2.45, 2.75) is 31.3 Å². The van der Waals surface area contributed by atoms with Gasteiger partial charge in [0.2, 0.25) is 0 Å². The predicted octanol–water partition coefficient (Wildman–Crippen LogP) is 5.29. The van der Waals surface area contributed by atoms with Crippen LogP contribution in [0.25, 0.3) is 10.2 Å². The number of benzene rings is 1. The first-order valence-electron chi connectivity index (χ1n) is 8.54. The smallest absolute Gasteiger partial charge is 0.263 e. The van der Waals surface area contributed by atoms with Crippen LogP contribution in [0.3, 0.4) is 0 Å². The van der Waals surface area contributed by atoms with Gasteiger partial charge in [0.15, 0.2) is 5.16 Å². The van der Waals surface area contributed by atoms with Crippen molar-refractivity contribution < 1.29 is 13.2 Å². The Bertz CT molecular complexity index is 1190. The highest BCUT2D eigenvalue weighted by atomic mass is 32.2. The van der Waals surface area contributed by atoms with Crippen LogP contribution in [0, 0.1) is 25.5 Å². The minimum absolute atomic E-state index is 0.0257. The number of rotatable bonds is 5. The van der Waals surface area contributed by atoms with E-state index in [9.17, 15) is 13.6 Å². The van der Waals surface area contributed by atoms with Crippen LogP contribution in [0.15, 0.2) is 51.0 Å². The van der Waals surface area contributed by atoms with Gasteiger partial charge in [-0.25, -0.2) is 13.8 Å². The third-order valence-electron chi connectivity index (χ3n) is 4.56. The fourth-order valence-electron chi connectivity index (χ4n) is 2.92. The number of hydrogen-bond donors (Lipinski definition) is 0. The molecule has 0 bridgehead atoms. The number of furan rings is 1. The maximum absolute atomic E-state index is 14.0. The molecule has 0 radical (unpaired) electrons. The van der Waals surface area contributed by atoms with E-state index in [1.165, 1.54) is 40.4 Å². The molecule has 0 amide bonds. The van der Waals surface area contributed by atoms with Gasteiger partial charge >= 0.3 is 0 Å². The van der Waals surface area contributed by atoms with Gasteiger partial charge in [-0.1, -0.05) is 17.8 Å². The molecule has 4 rings (SSSR count). The molecule has 0 aliphatic heterocycles. The molecule has 0 N–H and O–H groups in total. The van der Waals surface area contributed by atoms with Crippen molar-refractivity contribution in [1.29, 1.82) is 0 Å². The molecule has 0 aliphatic carbocycles. The molecule has 0 fully saturated rings. The summed E-state index contributed by atoms with van der Waals surface area (Å²) in [4.78, 5) is 19.5. The molecule has 0 unspecified atom stereocenters. The highest BCUT2D eigenvalue weighted by Crippen LogP contribution is 2.30. The Hall–Kier alpha value is -2.45. The SMILES string of the molecule is Cc1sc2nc(SCc3c(F)cccc3F)n(Cc3ccco3)c(=O)c2c1C. The van der Waals surface area contributed by atoms with E-state index in [1.807, 2.05) is 13.8 Å². The van der Waals surface area contributed by atoms with E-state index >= 15 is 0 Å². The van der Waals surface area contributed by atoms with Gasteiger partial charge in [-0.05, 0) is 43.7 Å². The molecule has 0 saturated carbocycles. The Labute approximate surface area is 167 Å². The molecule has 1 aromatic carbocycles. The summed E-state index contributed by atoms with van der Waals surface area (Å²) in [6.07, 6.45) is 1.54. The highest BCUT2D eigenvalue weighted by molar-refractivity contribution is 7.98. The summed E-state index contributed by atoms with van der Waals surface area (Å²) in [7, 11) is 0. The van der Waals surface area contributed by atoms with Crippen molar-refractivity contribution in [1.82, 2.24) is 9.55 Å². The molecule has 8 heteroatoms. The van der Waals surface area contributed by atoms with E-state index in [2.05, 4.69) is 4.98 Å². The summed E-state index contributed by atoms with van der Waals surface area (Å²) in [6.45, 7) is 4.04. The number of thiophene rings is 1. The zero-order valence-electron chi connectivity index (χ0n) is 15.2. The average molecular weight is 418 g/mol. The van der Waals surface area contributed by atoms with E-state index < -0.39 is 11.6 Å². The molecule has 28 heavy (non-hydrogen) atoms. The molecular weight excluding hydrogens is 402 g/mol. The molecule has 3 heterocycles. The standard InChI is InChI=1S/C20H16F2N2O2S2/c1-11-12(2)28-18-17(11)19(25)24(9-13-5-4-8-26-13)20(23-18)27-10-14-15(21)6-3-7-16(14)22/h3-8H,9-10H2,1-2H3. The molecule has 3 aromatic heterocycles. The second-order valence-electron chi connectivity index (χ2n) is 6.32. The number of hydrogen-bond acceptors (Lipinski definition) is 5. The second kappa shape index (κ2) is 7.52. The summed E-state index contributed by atoms with van der Waals surface area (Å²) in [5.41, 5.74) is 0.687. The van der Waals surface area contributed by atoms with Gasteiger partial charge in [-0.15, -0.1) is 11.3 Å². The molecule has 0 saturated heterocycles. The van der Waals surface area contributed by atoms with Crippen molar-refractivity contribution in [3.05, 3.63) is 80.3 Å². The summed E-state index contributed by atoms with van der Waals surface area (Å²) in [6, 6.07) is 7.28. The van der Waals surface area contributed by atoms with Crippen LogP contribution in [0.5, 0.6) is 0 Å². The number of thioether (sulfide) groups is 1. The van der Waals surface area contributed by atoms with Gasteiger partial charge in [-0.3, -0.25) is 9.36 Å². The Morgan fingerprint density at radius 2 is 1.93 bits per heavy atom. The topological polar surface area (TPSA) is 48.0 Å². The average Bonchev–Trinajstić information content (AvgIpc) is 3.26. The zero-order valence-corrected chi connectivity index (χ0v) is 16.8. The zero-order chi connectivity index (χ0) is 19.8. The summed E-state index contributed by atoms with van der Waals surface area (Å²) in [5.74, 6) is -0.600. The Balaban J connectivity index is 1.80. The molecule has 4 nitrogen and oxygen atoms in total. The Kier molecular flexibility index (Phi) is 5.07. The maximum Gasteiger partial charge on any atom is 0.263 e. The Morgan fingerprint density at radius 3 is 2.61 bits per heavy atom. The van der Waals surface area contributed by atoms with E-state index in [0.29, 0.717) is 21.1 Å². The van der Waals surface area contributed by atoms with Crippen LogP contribution >= 0.6 is 23.1 Å². The molecule has 0 aliphatic rings. The van der Waals surface area contributed by atoms with E-state index in [0.717, 1.165) is 22.2 Å². The fourth-order valence-corrected chi connectivity index (χ4v) is 5.01. The van der Waals surface area contributed by atoms with Gasteiger partial charge in [0.05, 0.1) is 18.2 Å². The molecule has 0 spiro atoms. The van der Waals surface area contributed by atoms with Crippen LogP contribution in [-0.2, 0) is 12.3 Å². The first kappa shape index (κ1) is 18.9. The quantitative estimate of drug-likeness (QED) is 0.327. The molecule has 4 aromatic rings. The van der Waals surface area contributed by atoms with Crippen LogP contribution < -0.4 is 5.56 Å². The number of nitrogens with zero attached hydrogens (tertiary/aromatic N) is 2. The van der Waals surface area contributed by atoms with Gasteiger partial charge < -0.3 is 4.42 Å². The van der Waals surface area contributed by atoms with E-state index in [4.69, 9.17) is 4.42 Å². The van der Waals surface area contributed by atoms with Crippen LogP contribution in [0.4, 0.5) is 8.78 Å². The third kappa shape index (κ3) is 3.38. The highest BCUT2D eigenvalue weighted by Gasteiger charge is 2.19. The summed E-state index contributed by atoms with van der Waals surface area (Å²) >= 11 is 2.57. The lowest BCUT2D eigenvalue weighted by molar-refractivity contribution is 0.476. The first-order valence-corrected chi connectivity index (χ1v) is 10.3. The van der Waals surface area contributed by atoms with Crippen LogP contribution in [-0.4, -0.2) is 9.55 Å². The molecular formula is C20H16F2N2O2S2. The fraction of sp³-hybridized carbons (Fsp3) is 0.200. The lowest BCUT2D eigenvalue weighted by Gasteiger charge is -2.11. The van der Waals surface area contributed by atoms with Crippen molar-refractivity contribution in [3.8, 4) is 0 Å². The lowest BCUT2D eigenvalue weighted by atomic mass is 10.2. The van der Waals surface area contributed by atoms with Crippen molar-refractivity contribution in [2.24, 2.45) is 0 Å². The Morgan fingerprint density at radius 1 is 1.18 bits per heavy atom. The van der Waals surface area contributed by atoms with Gasteiger partial charge in [0.25, 0.3) is 5.56 Å². The molecule has 144 valence electrons. The van der Waals surface area contributed by atoms with Gasteiger partial charge in [-0.2, -0.15) is 0 Å². The predicted molar refractivity (Wildman–Crippen MR) is 107 cm³/mol. The van der Waals surface area contributed by atoms with Crippen molar-refractivity contribution in [2.75, 3.05) is 0 Å².